The zero-order valence-electron chi connectivity index (χ0n) is 15.0. The maximum atomic E-state index is 12.4. The van der Waals surface area contributed by atoms with Crippen LogP contribution in [-0.2, 0) is 22.7 Å². The van der Waals surface area contributed by atoms with Crippen molar-refractivity contribution in [2.75, 3.05) is 32.8 Å². The summed E-state index contributed by atoms with van der Waals surface area (Å²) in [6.07, 6.45) is -0.542. The topological polar surface area (TPSA) is 53.0 Å². The molecule has 138 valence electrons. The Morgan fingerprint density at radius 2 is 1.62 bits per heavy atom. The first-order chi connectivity index (χ1) is 12.7. The average molecular weight is 354 g/mol. The summed E-state index contributed by atoms with van der Waals surface area (Å²) >= 11 is 0. The molecule has 0 saturated carbocycles. The van der Waals surface area contributed by atoms with Gasteiger partial charge in [0, 0.05) is 32.7 Å². The quantitative estimate of drug-likeness (QED) is 0.861. The number of aliphatic hydroxyl groups excluding tert-OH is 1. The minimum Gasteiger partial charge on any atom is -0.390 e. The molecule has 3 rings (SSSR count). The van der Waals surface area contributed by atoms with Crippen molar-refractivity contribution < 1.29 is 14.6 Å². The van der Waals surface area contributed by atoms with Crippen LogP contribution in [0.3, 0.4) is 0 Å². The van der Waals surface area contributed by atoms with Gasteiger partial charge in [-0.3, -0.25) is 9.69 Å². The smallest absolute Gasteiger partial charge is 0.248 e. The van der Waals surface area contributed by atoms with Gasteiger partial charge in [-0.1, -0.05) is 60.7 Å². The van der Waals surface area contributed by atoms with E-state index in [1.54, 1.807) is 4.90 Å². The molecule has 1 heterocycles. The standard InChI is InChI=1S/C21H26N2O3/c24-20-14-22(13-18-7-3-1-4-8-18)11-12-23(15-20)21(25)17-26-16-19-9-5-2-6-10-19/h1-10,20,24H,11-17H2/t20-/m0/s1. The Morgan fingerprint density at radius 3 is 2.31 bits per heavy atom. The molecule has 1 N–H and O–H groups in total. The van der Waals surface area contributed by atoms with Crippen LogP contribution in [0.4, 0.5) is 0 Å². The van der Waals surface area contributed by atoms with Crippen molar-refractivity contribution in [3.05, 3.63) is 71.8 Å². The third-order valence-electron chi connectivity index (χ3n) is 4.53. The number of nitrogens with zero attached hydrogens (tertiary/aromatic N) is 2. The van der Waals surface area contributed by atoms with Crippen molar-refractivity contribution in [3.63, 3.8) is 0 Å². The summed E-state index contributed by atoms with van der Waals surface area (Å²) in [4.78, 5) is 16.3. The first-order valence-corrected chi connectivity index (χ1v) is 9.04. The molecule has 0 radical (unpaired) electrons. The number of carbonyl (C=O) groups excluding carboxylic acids is 1. The van der Waals surface area contributed by atoms with E-state index in [1.165, 1.54) is 5.56 Å². The predicted octanol–water partition coefficient (Wildman–Crippen LogP) is 1.91. The Kier molecular flexibility index (Phi) is 6.77. The Labute approximate surface area is 154 Å². The molecule has 5 nitrogen and oxygen atoms in total. The van der Waals surface area contributed by atoms with Gasteiger partial charge in [0.1, 0.15) is 6.61 Å². The summed E-state index contributed by atoms with van der Waals surface area (Å²) in [6.45, 7) is 3.53. The van der Waals surface area contributed by atoms with Gasteiger partial charge >= 0.3 is 0 Å². The number of benzene rings is 2. The van der Waals surface area contributed by atoms with Gasteiger partial charge in [0.15, 0.2) is 0 Å². The van der Waals surface area contributed by atoms with Crippen molar-refractivity contribution in [1.29, 1.82) is 0 Å². The highest BCUT2D eigenvalue weighted by Crippen LogP contribution is 2.10. The molecule has 1 amide bonds. The van der Waals surface area contributed by atoms with Gasteiger partial charge in [-0.05, 0) is 11.1 Å². The summed E-state index contributed by atoms with van der Waals surface area (Å²) in [7, 11) is 0. The lowest BCUT2D eigenvalue weighted by Crippen LogP contribution is -2.39. The minimum atomic E-state index is -0.542. The van der Waals surface area contributed by atoms with E-state index >= 15 is 0 Å². The first kappa shape index (κ1) is 18.6. The summed E-state index contributed by atoms with van der Waals surface area (Å²) in [5.41, 5.74) is 2.26. The molecule has 0 unspecified atom stereocenters. The largest absolute Gasteiger partial charge is 0.390 e. The first-order valence-electron chi connectivity index (χ1n) is 9.04. The Bertz CT molecular complexity index is 678. The van der Waals surface area contributed by atoms with Crippen LogP contribution in [-0.4, -0.2) is 59.7 Å². The maximum Gasteiger partial charge on any atom is 0.248 e. The second-order valence-electron chi connectivity index (χ2n) is 6.69. The van der Waals surface area contributed by atoms with Crippen molar-refractivity contribution in [2.24, 2.45) is 0 Å². The van der Waals surface area contributed by atoms with Crippen molar-refractivity contribution in [2.45, 2.75) is 19.3 Å². The molecular formula is C21H26N2O3. The van der Waals surface area contributed by atoms with E-state index in [1.807, 2.05) is 48.5 Å². The van der Waals surface area contributed by atoms with Crippen molar-refractivity contribution >= 4 is 5.91 Å². The third kappa shape index (κ3) is 5.66. The normalized spacial score (nSPS) is 18.5. The van der Waals surface area contributed by atoms with Gasteiger partial charge in [-0.15, -0.1) is 0 Å². The fourth-order valence-electron chi connectivity index (χ4n) is 3.19. The van der Waals surface area contributed by atoms with E-state index in [9.17, 15) is 9.90 Å². The summed E-state index contributed by atoms with van der Waals surface area (Å²) < 4.78 is 5.55. The van der Waals surface area contributed by atoms with Crippen LogP contribution in [0.5, 0.6) is 0 Å². The van der Waals surface area contributed by atoms with E-state index in [2.05, 4.69) is 17.0 Å². The SMILES string of the molecule is O=C(COCc1ccccc1)N1CCN(Cc2ccccc2)C[C@H](O)C1. The molecule has 1 atom stereocenters. The van der Waals surface area contributed by atoms with Crippen LogP contribution >= 0.6 is 0 Å². The van der Waals surface area contributed by atoms with Gasteiger partial charge in [-0.25, -0.2) is 0 Å². The fourth-order valence-corrected chi connectivity index (χ4v) is 3.19. The van der Waals surface area contributed by atoms with Crippen LogP contribution in [0.25, 0.3) is 0 Å². The summed E-state index contributed by atoms with van der Waals surface area (Å²) in [5, 5.41) is 10.3. The molecule has 1 aliphatic heterocycles. The van der Waals surface area contributed by atoms with Crippen LogP contribution in [0, 0.1) is 0 Å². The second kappa shape index (κ2) is 9.48. The minimum absolute atomic E-state index is 0.0420. The third-order valence-corrected chi connectivity index (χ3v) is 4.53. The number of hydrogen-bond acceptors (Lipinski definition) is 4. The lowest BCUT2D eigenvalue weighted by Gasteiger charge is -2.22. The molecular weight excluding hydrogens is 328 g/mol. The predicted molar refractivity (Wildman–Crippen MR) is 100 cm³/mol. The van der Waals surface area contributed by atoms with E-state index in [0.717, 1.165) is 18.7 Å². The molecule has 0 spiro atoms. The highest BCUT2D eigenvalue weighted by atomic mass is 16.5. The zero-order chi connectivity index (χ0) is 18.2. The summed E-state index contributed by atoms with van der Waals surface area (Å²) in [5.74, 6) is -0.0680. The Morgan fingerprint density at radius 1 is 0.962 bits per heavy atom. The zero-order valence-corrected chi connectivity index (χ0v) is 15.0. The number of carbonyl (C=O) groups is 1. The molecule has 1 saturated heterocycles. The lowest BCUT2D eigenvalue weighted by atomic mass is 10.2. The van der Waals surface area contributed by atoms with Gasteiger partial charge in [0.05, 0.1) is 12.7 Å². The summed E-state index contributed by atoms with van der Waals surface area (Å²) in [6, 6.07) is 20.0. The second-order valence-corrected chi connectivity index (χ2v) is 6.69. The monoisotopic (exact) mass is 354 g/mol. The number of ether oxygens (including phenoxy) is 1. The molecule has 2 aromatic rings. The number of rotatable bonds is 6. The highest BCUT2D eigenvalue weighted by molar-refractivity contribution is 5.77. The highest BCUT2D eigenvalue weighted by Gasteiger charge is 2.24. The average Bonchev–Trinajstić information content (AvgIpc) is 2.84. The van der Waals surface area contributed by atoms with E-state index in [-0.39, 0.29) is 12.5 Å². The van der Waals surface area contributed by atoms with Gasteiger partial charge in [0.2, 0.25) is 5.91 Å². The molecule has 5 heteroatoms. The van der Waals surface area contributed by atoms with Crippen LogP contribution in [0.15, 0.2) is 60.7 Å². The number of β-amino-alcohol motifs (C(OH)–C–C–N with tert-alkyl or cyclic N) is 1. The number of amides is 1. The molecule has 2 aromatic carbocycles. The number of hydrogen-bond donors (Lipinski definition) is 1. The molecule has 0 bridgehead atoms. The molecule has 0 aliphatic carbocycles. The Balaban J connectivity index is 1.47. The van der Waals surface area contributed by atoms with Crippen LogP contribution in [0.1, 0.15) is 11.1 Å². The Hall–Kier alpha value is -2.21. The van der Waals surface area contributed by atoms with Gasteiger partial charge in [-0.2, -0.15) is 0 Å². The fraction of sp³-hybridized carbons (Fsp3) is 0.381. The van der Waals surface area contributed by atoms with E-state index < -0.39 is 6.10 Å². The van der Waals surface area contributed by atoms with Crippen LogP contribution in [0.2, 0.25) is 0 Å². The molecule has 0 aromatic heterocycles. The number of aliphatic hydroxyl groups is 1. The molecule has 1 fully saturated rings. The van der Waals surface area contributed by atoms with Gasteiger partial charge < -0.3 is 14.7 Å². The van der Waals surface area contributed by atoms with E-state index in [4.69, 9.17) is 4.74 Å². The van der Waals surface area contributed by atoms with Crippen molar-refractivity contribution in [3.8, 4) is 0 Å². The molecule has 26 heavy (non-hydrogen) atoms. The van der Waals surface area contributed by atoms with Crippen molar-refractivity contribution in [1.82, 2.24) is 9.80 Å². The van der Waals surface area contributed by atoms with Gasteiger partial charge in [0.25, 0.3) is 0 Å². The lowest BCUT2D eigenvalue weighted by molar-refractivity contribution is -0.137. The maximum absolute atomic E-state index is 12.4. The van der Waals surface area contributed by atoms with E-state index in [0.29, 0.717) is 26.2 Å². The molecule has 1 aliphatic rings. The van der Waals surface area contributed by atoms with Crippen LogP contribution < -0.4 is 0 Å².